The molecule has 0 atom stereocenters. The van der Waals surface area contributed by atoms with Crippen molar-refractivity contribution >= 4 is 40.7 Å². The predicted octanol–water partition coefficient (Wildman–Crippen LogP) is 6.56. The number of para-hydroxylation sites is 1. The summed E-state index contributed by atoms with van der Waals surface area (Å²) in [4.78, 5) is 34.3. The lowest BCUT2D eigenvalue weighted by molar-refractivity contribution is -0.143. The lowest BCUT2D eigenvalue weighted by Crippen LogP contribution is -2.46. The first-order valence-corrected chi connectivity index (χ1v) is 13.5. The second-order valence-electron chi connectivity index (χ2n) is 10.6. The zero-order valence-electron chi connectivity index (χ0n) is 23.7. The van der Waals surface area contributed by atoms with Crippen molar-refractivity contribution in [3.8, 4) is 0 Å². The first kappa shape index (κ1) is 32.9. The maximum absolute atomic E-state index is 14.2. The van der Waals surface area contributed by atoms with Crippen molar-refractivity contribution in [1.29, 1.82) is 0 Å². The largest absolute Gasteiger partial charge is 0.416 e. The third-order valence-corrected chi connectivity index (χ3v) is 7.53. The summed E-state index contributed by atoms with van der Waals surface area (Å²) in [5.74, 6) is -1.43. The number of carbonyl (C=O) groups excluding carboxylic acids is 2. The van der Waals surface area contributed by atoms with E-state index in [1.165, 1.54) is 6.07 Å². The molecule has 6 nitrogen and oxygen atoms in total. The number of aromatic nitrogens is 1. The van der Waals surface area contributed by atoms with Gasteiger partial charge in [0.2, 0.25) is 0 Å². The summed E-state index contributed by atoms with van der Waals surface area (Å²) in [5.41, 5.74) is -1.98. The molecule has 234 valence electrons. The van der Waals surface area contributed by atoms with Crippen LogP contribution in [0.1, 0.15) is 48.5 Å². The number of benzene rings is 3. The Morgan fingerprint density at radius 2 is 1.50 bits per heavy atom. The lowest BCUT2D eigenvalue weighted by Gasteiger charge is -2.29. The Morgan fingerprint density at radius 1 is 0.886 bits per heavy atom. The average molecular weight is 639 g/mol. The van der Waals surface area contributed by atoms with Crippen LogP contribution in [0.5, 0.6) is 0 Å². The Kier molecular flexibility index (Phi) is 9.36. The highest BCUT2D eigenvalue weighted by Crippen LogP contribution is 2.38. The quantitative estimate of drug-likeness (QED) is 0.185. The summed E-state index contributed by atoms with van der Waals surface area (Å²) < 4.78 is 82.3. The van der Waals surface area contributed by atoms with Crippen LogP contribution in [0.2, 0.25) is 0 Å². The van der Waals surface area contributed by atoms with Crippen LogP contribution in [-0.2, 0) is 18.8 Å². The summed E-state index contributed by atoms with van der Waals surface area (Å²) in [6, 6.07) is 11.2. The van der Waals surface area contributed by atoms with E-state index in [1.807, 2.05) is 24.3 Å². The molecule has 0 radical (unpaired) electrons. The van der Waals surface area contributed by atoms with Gasteiger partial charge in [0.25, 0.3) is 5.91 Å². The minimum atomic E-state index is -5.13. The van der Waals surface area contributed by atoms with E-state index in [9.17, 15) is 35.9 Å². The Hall–Kier alpha value is -4.03. The van der Waals surface area contributed by atoms with Gasteiger partial charge in [0.15, 0.2) is 5.78 Å². The molecule has 1 saturated heterocycles. The van der Waals surface area contributed by atoms with Gasteiger partial charge >= 0.3 is 12.4 Å². The van der Waals surface area contributed by atoms with Crippen molar-refractivity contribution in [1.82, 2.24) is 15.2 Å². The number of ketones is 1. The van der Waals surface area contributed by atoms with Gasteiger partial charge in [-0.25, -0.2) is 0 Å². The number of carbonyl (C=O) groups is 2. The summed E-state index contributed by atoms with van der Waals surface area (Å²) >= 11 is 0. The number of fused-ring (bicyclic) bond motifs is 1. The maximum atomic E-state index is 14.2. The van der Waals surface area contributed by atoms with Crippen LogP contribution in [0.3, 0.4) is 0 Å². The van der Waals surface area contributed by atoms with E-state index in [4.69, 9.17) is 0 Å². The molecule has 0 saturated carbocycles. The molecule has 5 rings (SSSR count). The van der Waals surface area contributed by atoms with Crippen LogP contribution in [0.25, 0.3) is 10.9 Å². The molecule has 13 heteroatoms. The zero-order chi connectivity index (χ0) is 31.1. The first-order chi connectivity index (χ1) is 20.3. The third kappa shape index (κ3) is 6.56. The number of piperazine rings is 1. The van der Waals surface area contributed by atoms with Gasteiger partial charge in [0, 0.05) is 80.6 Å². The van der Waals surface area contributed by atoms with E-state index < -0.39 is 34.8 Å². The number of H-pyrrole nitrogens is 1. The minimum Gasteiger partial charge on any atom is -0.377 e. The zero-order valence-corrected chi connectivity index (χ0v) is 24.5. The molecule has 4 aromatic rings. The minimum absolute atomic E-state index is 0. The van der Waals surface area contributed by atoms with Gasteiger partial charge in [-0.05, 0) is 47.5 Å². The summed E-state index contributed by atoms with van der Waals surface area (Å²) in [6.07, 6.45) is -8.53. The molecule has 0 bridgehead atoms. The Morgan fingerprint density at radius 3 is 2.09 bits per heavy atom. The molecule has 1 aromatic heterocycles. The number of hydrogen-bond donors (Lipinski definition) is 2. The topological polar surface area (TPSA) is 68.4 Å². The van der Waals surface area contributed by atoms with Crippen molar-refractivity contribution in [3.05, 3.63) is 99.7 Å². The lowest BCUT2D eigenvalue weighted by atomic mass is 9.87. The number of amides is 1. The Bertz CT molecular complexity index is 1660. The van der Waals surface area contributed by atoms with E-state index in [1.54, 1.807) is 36.2 Å². The van der Waals surface area contributed by atoms with Crippen LogP contribution in [-0.4, -0.2) is 61.8 Å². The number of hydrogen-bond acceptors (Lipinski definition) is 4. The van der Waals surface area contributed by atoms with Gasteiger partial charge in [-0.3, -0.25) is 9.59 Å². The summed E-state index contributed by atoms with van der Waals surface area (Å²) in [7, 11) is 3.21. The van der Waals surface area contributed by atoms with Crippen LogP contribution in [0, 0.1) is 0 Å². The van der Waals surface area contributed by atoms with E-state index in [-0.39, 0.29) is 53.2 Å². The highest BCUT2D eigenvalue weighted by atomic mass is 35.5. The number of nitrogens with zero attached hydrogens (tertiary/aromatic N) is 2. The highest BCUT2D eigenvalue weighted by Gasteiger charge is 2.38. The number of halogens is 7. The third-order valence-electron chi connectivity index (χ3n) is 7.53. The second-order valence-corrected chi connectivity index (χ2v) is 10.6. The first-order valence-electron chi connectivity index (χ1n) is 13.5. The van der Waals surface area contributed by atoms with E-state index in [0.717, 1.165) is 10.9 Å². The van der Waals surface area contributed by atoms with Crippen LogP contribution in [0.15, 0.2) is 60.8 Å². The fourth-order valence-corrected chi connectivity index (χ4v) is 5.38. The number of rotatable bonds is 6. The van der Waals surface area contributed by atoms with Gasteiger partial charge in [0.05, 0.1) is 16.7 Å². The molecule has 1 aliphatic heterocycles. The van der Waals surface area contributed by atoms with Crippen molar-refractivity contribution in [3.63, 3.8) is 0 Å². The molecule has 44 heavy (non-hydrogen) atoms. The molecule has 3 aromatic carbocycles. The van der Waals surface area contributed by atoms with Gasteiger partial charge in [-0.1, -0.05) is 18.2 Å². The number of alkyl halides is 6. The van der Waals surface area contributed by atoms with Gasteiger partial charge in [-0.15, -0.1) is 12.4 Å². The van der Waals surface area contributed by atoms with Crippen molar-refractivity contribution in [2.75, 3.05) is 45.2 Å². The van der Waals surface area contributed by atoms with Crippen LogP contribution >= 0.6 is 12.4 Å². The molecule has 2 heterocycles. The fourth-order valence-electron chi connectivity index (χ4n) is 5.38. The monoisotopic (exact) mass is 638 g/mol. The molecular formula is C31H29ClF6N4O2. The standard InChI is InChI=1S/C31H28F6N4O2.ClH/c1-40(2)26-8-7-23(29(43)41-11-9-38-10-12-41)24(15-19-17-39-25-6-4-3-5-22(19)25)27(26)28(42)18-13-20(30(32,33)34)16-21(14-18)31(35,36)37;/h3-8,13-14,16-17,38-39H,9-12,15H2,1-2H3;1H. The normalized spacial score (nSPS) is 14.0. The predicted molar refractivity (Wildman–Crippen MR) is 158 cm³/mol. The average Bonchev–Trinajstić information content (AvgIpc) is 3.38. The summed E-state index contributed by atoms with van der Waals surface area (Å²) in [5, 5.41) is 3.96. The molecule has 1 amide bonds. The van der Waals surface area contributed by atoms with Crippen LogP contribution in [0.4, 0.5) is 32.0 Å². The van der Waals surface area contributed by atoms with E-state index in [2.05, 4.69) is 10.3 Å². The van der Waals surface area contributed by atoms with Gasteiger partial charge in [0.1, 0.15) is 0 Å². The van der Waals surface area contributed by atoms with E-state index >= 15 is 0 Å². The Balaban J connectivity index is 0.00000442. The molecule has 1 fully saturated rings. The Labute approximate surface area is 255 Å². The highest BCUT2D eigenvalue weighted by molar-refractivity contribution is 6.15. The molecule has 0 unspecified atom stereocenters. The van der Waals surface area contributed by atoms with Crippen molar-refractivity contribution < 1.29 is 35.9 Å². The summed E-state index contributed by atoms with van der Waals surface area (Å²) in [6.45, 7) is 1.89. The molecule has 1 aliphatic rings. The number of aromatic amines is 1. The molecular weight excluding hydrogens is 610 g/mol. The van der Waals surface area contributed by atoms with Crippen molar-refractivity contribution in [2.24, 2.45) is 0 Å². The molecule has 0 aliphatic carbocycles. The van der Waals surface area contributed by atoms with Crippen LogP contribution < -0.4 is 10.2 Å². The van der Waals surface area contributed by atoms with Crippen molar-refractivity contribution in [2.45, 2.75) is 18.8 Å². The molecule has 0 spiro atoms. The fraction of sp³-hybridized carbons (Fsp3) is 0.290. The van der Waals surface area contributed by atoms with Gasteiger partial charge in [-0.2, -0.15) is 26.3 Å². The molecule has 2 N–H and O–H groups in total. The smallest absolute Gasteiger partial charge is 0.377 e. The second kappa shape index (κ2) is 12.5. The SMILES string of the molecule is CN(C)c1ccc(C(=O)N2CCNCC2)c(Cc2c[nH]c3ccccc23)c1C(=O)c1cc(C(F)(F)F)cc(C(F)(F)F)c1.Cl. The number of anilines is 1. The maximum Gasteiger partial charge on any atom is 0.416 e. The van der Waals surface area contributed by atoms with Gasteiger partial charge < -0.3 is 20.1 Å². The number of nitrogens with one attached hydrogen (secondary N) is 2. The van der Waals surface area contributed by atoms with E-state index in [0.29, 0.717) is 43.9 Å².